The highest BCUT2D eigenvalue weighted by atomic mass is 35.5. The fourth-order valence-electron chi connectivity index (χ4n) is 3.84. The number of rotatable bonds is 6. The van der Waals surface area contributed by atoms with Gasteiger partial charge in [-0.1, -0.05) is 29.8 Å². The van der Waals surface area contributed by atoms with Crippen LogP contribution in [0, 0.1) is 0 Å². The molecule has 4 heterocycles. The Morgan fingerprint density at radius 1 is 1.17 bits per heavy atom. The number of fused-ring (bicyclic) bond motifs is 1. The number of hydrogen-bond donors (Lipinski definition) is 1. The molecule has 5 rings (SSSR count). The number of aromatic amines is 1. The number of nitrogens with zero attached hydrogens (tertiary/aromatic N) is 4. The zero-order valence-electron chi connectivity index (χ0n) is 15.5. The first-order valence-electron chi connectivity index (χ1n) is 9.36. The highest BCUT2D eigenvalue weighted by molar-refractivity contribution is 7.10. The Labute approximate surface area is 176 Å². The molecule has 0 aliphatic carbocycles. The molecule has 6 nitrogen and oxygen atoms in total. The number of halogens is 1. The molecule has 1 unspecified atom stereocenters. The number of aromatic nitrogens is 4. The molecule has 0 spiro atoms. The molecule has 29 heavy (non-hydrogen) atoms. The van der Waals surface area contributed by atoms with Crippen molar-refractivity contribution in [3.05, 3.63) is 81.7 Å². The number of nitrogens with one attached hydrogen (secondary N) is 1. The van der Waals surface area contributed by atoms with Gasteiger partial charge in [-0.2, -0.15) is 5.10 Å². The number of carbonyl (C=O) groups excluding carboxylic acids is 1. The summed E-state index contributed by atoms with van der Waals surface area (Å²) in [7, 11) is 0. The van der Waals surface area contributed by atoms with Crippen LogP contribution in [0.3, 0.4) is 0 Å². The maximum Gasteiger partial charge on any atom is 0.273 e. The van der Waals surface area contributed by atoms with Gasteiger partial charge in [0.2, 0.25) is 0 Å². The summed E-state index contributed by atoms with van der Waals surface area (Å²) in [6.07, 6.45) is 6.35. The minimum atomic E-state index is -0.135. The molecule has 0 fully saturated rings. The van der Waals surface area contributed by atoms with Gasteiger partial charge in [-0.15, -0.1) is 11.3 Å². The third kappa shape index (κ3) is 3.26. The Hall–Kier alpha value is -2.90. The Kier molecular flexibility index (Phi) is 4.69. The zero-order chi connectivity index (χ0) is 19.8. The van der Waals surface area contributed by atoms with E-state index in [2.05, 4.69) is 21.2 Å². The van der Waals surface area contributed by atoms with Gasteiger partial charge in [0.25, 0.3) is 5.91 Å². The molecular formula is C21H18ClN5OS. The summed E-state index contributed by atoms with van der Waals surface area (Å²) in [5.41, 5.74) is 3.28. The molecule has 0 saturated carbocycles. The molecule has 1 aromatic carbocycles. The normalized spacial score (nSPS) is 15.8. The van der Waals surface area contributed by atoms with Crippen LogP contribution in [0.4, 0.5) is 0 Å². The van der Waals surface area contributed by atoms with E-state index in [1.807, 2.05) is 51.4 Å². The van der Waals surface area contributed by atoms with Gasteiger partial charge >= 0.3 is 0 Å². The van der Waals surface area contributed by atoms with Crippen LogP contribution in [0.5, 0.6) is 0 Å². The van der Waals surface area contributed by atoms with Crippen LogP contribution in [0.15, 0.2) is 60.5 Å². The Bertz CT molecular complexity index is 1120. The Morgan fingerprint density at radius 2 is 2.03 bits per heavy atom. The van der Waals surface area contributed by atoms with Gasteiger partial charge < -0.3 is 9.47 Å². The molecule has 1 amide bonds. The number of imidazole rings is 1. The number of thiophene rings is 1. The van der Waals surface area contributed by atoms with Crippen LogP contribution in [0.1, 0.15) is 33.4 Å². The zero-order valence-corrected chi connectivity index (χ0v) is 17.0. The van der Waals surface area contributed by atoms with Crippen LogP contribution >= 0.6 is 22.9 Å². The van der Waals surface area contributed by atoms with Crippen molar-refractivity contribution < 1.29 is 4.79 Å². The van der Waals surface area contributed by atoms with Gasteiger partial charge in [0.1, 0.15) is 5.69 Å². The topological polar surface area (TPSA) is 66.8 Å². The van der Waals surface area contributed by atoms with E-state index in [0.29, 0.717) is 17.3 Å². The lowest BCUT2D eigenvalue weighted by Crippen LogP contribution is -2.30. The molecule has 1 N–H and O–H groups in total. The Balaban J connectivity index is 1.50. The SMILES string of the molecule is O=C1c2[nH]nc(-c3ccc(Cl)cc3)c2C(c2cccs2)N1CCCn1ccnc1. The molecule has 146 valence electrons. The van der Waals surface area contributed by atoms with Gasteiger partial charge in [-0.3, -0.25) is 9.89 Å². The highest BCUT2D eigenvalue weighted by Gasteiger charge is 2.42. The molecular weight excluding hydrogens is 406 g/mol. The Morgan fingerprint density at radius 3 is 2.76 bits per heavy atom. The molecule has 1 aliphatic rings. The molecule has 1 aliphatic heterocycles. The van der Waals surface area contributed by atoms with Crippen molar-refractivity contribution in [3.63, 3.8) is 0 Å². The first-order valence-corrected chi connectivity index (χ1v) is 10.6. The summed E-state index contributed by atoms with van der Waals surface area (Å²) in [5, 5.41) is 10.2. The quantitative estimate of drug-likeness (QED) is 0.492. The first kappa shape index (κ1) is 18.1. The summed E-state index contributed by atoms with van der Waals surface area (Å²) in [6.45, 7) is 1.47. The fourth-order valence-corrected chi connectivity index (χ4v) is 4.81. The van der Waals surface area contributed by atoms with Crippen molar-refractivity contribution in [3.8, 4) is 11.3 Å². The largest absolute Gasteiger partial charge is 0.337 e. The van der Waals surface area contributed by atoms with Crippen molar-refractivity contribution in [1.82, 2.24) is 24.6 Å². The number of amides is 1. The van der Waals surface area contributed by atoms with Crippen molar-refractivity contribution >= 4 is 28.8 Å². The van der Waals surface area contributed by atoms with Crippen LogP contribution in [-0.4, -0.2) is 37.1 Å². The predicted octanol–water partition coefficient (Wildman–Crippen LogP) is 4.62. The van der Waals surface area contributed by atoms with Crippen LogP contribution in [0.25, 0.3) is 11.3 Å². The molecule has 4 aromatic rings. The maximum absolute atomic E-state index is 13.2. The second-order valence-electron chi connectivity index (χ2n) is 6.94. The number of H-pyrrole nitrogens is 1. The van der Waals surface area contributed by atoms with E-state index in [-0.39, 0.29) is 11.9 Å². The molecule has 8 heteroatoms. The van der Waals surface area contributed by atoms with Gasteiger partial charge in [-0.05, 0) is 30.0 Å². The molecule has 0 saturated heterocycles. The smallest absolute Gasteiger partial charge is 0.273 e. The number of benzene rings is 1. The van der Waals surface area contributed by atoms with Crippen molar-refractivity contribution in [2.75, 3.05) is 6.54 Å². The van der Waals surface area contributed by atoms with E-state index in [4.69, 9.17) is 11.6 Å². The second-order valence-corrected chi connectivity index (χ2v) is 8.35. The lowest BCUT2D eigenvalue weighted by molar-refractivity contribution is 0.0741. The van der Waals surface area contributed by atoms with E-state index < -0.39 is 0 Å². The van der Waals surface area contributed by atoms with Gasteiger partial charge in [0.05, 0.1) is 18.1 Å². The summed E-state index contributed by atoms with van der Waals surface area (Å²) in [5.74, 6) is -0.00301. The monoisotopic (exact) mass is 423 g/mol. The maximum atomic E-state index is 13.2. The van der Waals surface area contributed by atoms with Crippen molar-refractivity contribution in [2.45, 2.75) is 19.0 Å². The minimum Gasteiger partial charge on any atom is -0.337 e. The van der Waals surface area contributed by atoms with E-state index in [0.717, 1.165) is 34.7 Å². The van der Waals surface area contributed by atoms with Crippen LogP contribution in [-0.2, 0) is 6.54 Å². The molecule has 0 radical (unpaired) electrons. The summed E-state index contributed by atoms with van der Waals surface area (Å²) in [4.78, 5) is 20.4. The molecule has 1 atom stereocenters. The van der Waals surface area contributed by atoms with E-state index >= 15 is 0 Å². The lowest BCUT2D eigenvalue weighted by atomic mass is 10.0. The number of hydrogen-bond acceptors (Lipinski definition) is 4. The van der Waals surface area contributed by atoms with Crippen LogP contribution < -0.4 is 0 Å². The van der Waals surface area contributed by atoms with E-state index in [1.165, 1.54) is 0 Å². The standard InChI is InChI=1S/C21H18ClN5OS/c22-15-6-4-14(5-7-15)18-17-19(25-24-18)21(28)27(20(17)16-3-1-12-29-16)10-2-9-26-11-8-23-13-26/h1,3-8,11-13,20H,2,9-10H2,(H,24,25). The number of aryl methyl sites for hydroxylation is 1. The molecule has 3 aromatic heterocycles. The van der Waals surface area contributed by atoms with Crippen LogP contribution in [0.2, 0.25) is 5.02 Å². The predicted molar refractivity (Wildman–Crippen MR) is 113 cm³/mol. The van der Waals surface area contributed by atoms with Gasteiger partial charge in [0, 0.05) is 46.5 Å². The van der Waals surface area contributed by atoms with Crippen molar-refractivity contribution in [2.24, 2.45) is 0 Å². The van der Waals surface area contributed by atoms with Gasteiger partial charge in [-0.25, -0.2) is 4.98 Å². The lowest BCUT2D eigenvalue weighted by Gasteiger charge is -2.25. The second kappa shape index (κ2) is 7.50. The van der Waals surface area contributed by atoms with E-state index in [9.17, 15) is 4.79 Å². The van der Waals surface area contributed by atoms with E-state index in [1.54, 1.807) is 23.9 Å². The van der Waals surface area contributed by atoms with Crippen molar-refractivity contribution in [1.29, 1.82) is 0 Å². The number of carbonyl (C=O) groups is 1. The fraction of sp³-hybridized carbons (Fsp3) is 0.190. The summed E-state index contributed by atoms with van der Waals surface area (Å²) >= 11 is 7.71. The summed E-state index contributed by atoms with van der Waals surface area (Å²) in [6, 6.07) is 11.5. The summed E-state index contributed by atoms with van der Waals surface area (Å²) < 4.78 is 2.03. The molecule has 0 bridgehead atoms. The average molecular weight is 424 g/mol. The average Bonchev–Trinajstić information content (AvgIpc) is 3.50. The third-order valence-corrected chi connectivity index (χ3v) is 6.35. The third-order valence-electron chi connectivity index (χ3n) is 5.17. The first-order chi connectivity index (χ1) is 14.2. The highest BCUT2D eigenvalue weighted by Crippen LogP contribution is 2.44. The minimum absolute atomic E-state index is 0.00301. The van der Waals surface area contributed by atoms with Gasteiger partial charge in [0.15, 0.2) is 0 Å².